The van der Waals surface area contributed by atoms with E-state index in [0.29, 0.717) is 0 Å². The molecule has 2 atom stereocenters. The second-order valence-electron chi connectivity index (χ2n) is 5.79. The highest BCUT2D eigenvalue weighted by molar-refractivity contribution is 6.17. The minimum atomic E-state index is 0.829. The topological polar surface area (TPSA) is 6.48 Å². The van der Waals surface area contributed by atoms with Crippen LogP contribution in [-0.4, -0.2) is 54.9 Å². The van der Waals surface area contributed by atoms with Crippen LogP contribution in [0.15, 0.2) is 0 Å². The maximum Gasteiger partial charge on any atom is 0.0223 e. The molecule has 0 aromatic carbocycles. The van der Waals surface area contributed by atoms with Crippen LogP contribution in [0.4, 0.5) is 0 Å². The third-order valence-electron chi connectivity index (χ3n) is 4.54. The summed E-state index contributed by atoms with van der Waals surface area (Å²) < 4.78 is 0. The summed E-state index contributed by atoms with van der Waals surface area (Å²) in [6.45, 7) is 5.27. The van der Waals surface area contributed by atoms with Crippen LogP contribution in [0.5, 0.6) is 0 Å². The summed E-state index contributed by atoms with van der Waals surface area (Å²) in [5.41, 5.74) is 0. The molecule has 100 valence electrons. The number of alkyl halides is 1. The Morgan fingerprint density at radius 1 is 1.12 bits per heavy atom. The largest absolute Gasteiger partial charge is 0.303 e. The van der Waals surface area contributed by atoms with Crippen molar-refractivity contribution in [3.8, 4) is 0 Å². The number of hydrogen-bond donors (Lipinski definition) is 0. The maximum absolute atomic E-state index is 5.71. The molecule has 2 nitrogen and oxygen atoms in total. The lowest BCUT2D eigenvalue weighted by Crippen LogP contribution is -2.52. The van der Waals surface area contributed by atoms with E-state index in [1.807, 2.05) is 0 Å². The number of fused-ring (bicyclic) bond motifs is 1. The van der Waals surface area contributed by atoms with Crippen LogP contribution in [0, 0.1) is 5.92 Å². The molecule has 0 aromatic heterocycles. The van der Waals surface area contributed by atoms with Gasteiger partial charge in [0.2, 0.25) is 0 Å². The van der Waals surface area contributed by atoms with Crippen molar-refractivity contribution < 1.29 is 0 Å². The van der Waals surface area contributed by atoms with Gasteiger partial charge in [-0.05, 0) is 64.7 Å². The zero-order valence-electron chi connectivity index (χ0n) is 11.2. The van der Waals surface area contributed by atoms with E-state index in [1.54, 1.807) is 0 Å². The van der Waals surface area contributed by atoms with E-state index < -0.39 is 0 Å². The van der Waals surface area contributed by atoms with Crippen molar-refractivity contribution in [3.05, 3.63) is 0 Å². The summed E-state index contributed by atoms with van der Waals surface area (Å²) in [7, 11) is 2.31. The zero-order chi connectivity index (χ0) is 12.1. The van der Waals surface area contributed by atoms with Gasteiger partial charge in [0.05, 0.1) is 0 Å². The first kappa shape index (κ1) is 13.6. The quantitative estimate of drug-likeness (QED) is 0.553. The molecule has 0 aromatic rings. The minimum absolute atomic E-state index is 0.829. The van der Waals surface area contributed by atoms with Gasteiger partial charge in [-0.2, -0.15) is 0 Å². The Bertz CT molecular complexity index is 222. The summed E-state index contributed by atoms with van der Waals surface area (Å²) in [5.74, 6) is 1.77. The molecule has 0 bridgehead atoms. The van der Waals surface area contributed by atoms with Crippen LogP contribution >= 0.6 is 11.6 Å². The van der Waals surface area contributed by atoms with Gasteiger partial charge < -0.3 is 9.80 Å². The van der Waals surface area contributed by atoms with Crippen LogP contribution in [0.2, 0.25) is 0 Å². The van der Waals surface area contributed by atoms with Gasteiger partial charge in [-0.15, -0.1) is 11.6 Å². The predicted octanol–water partition coefficient (Wildman–Crippen LogP) is 2.81. The van der Waals surface area contributed by atoms with Gasteiger partial charge in [0.25, 0.3) is 0 Å². The van der Waals surface area contributed by atoms with Crippen LogP contribution in [0.25, 0.3) is 0 Å². The molecule has 2 unspecified atom stereocenters. The molecule has 0 radical (unpaired) electrons. The molecular formula is C14H27ClN2. The second kappa shape index (κ2) is 6.96. The lowest BCUT2D eigenvalue weighted by Gasteiger charge is -2.46. The normalized spacial score (nSPS) is 31.4. The third kappa shape index (κ3) is 3.84. The summed E-state index contributed by atoms with van der Waals surface area (Å²) in [5, 5.41) is 0. The van der Waals surface area contributed by atoms with Crippen molar-refractivity contribution in [2.45, 2.75) is 44.6 Å². The van der Waals surface area contributed by atoms with E-state index >= 15 is 0 Å². The summed E-state index contributed by atoms with van der Waals surface area (Å²) in [4.78, 5) is 5.29. The van der Waals surface area contributed by atoms with Gasteiger partial charge in [-0.25, -0.2) is 0 Å². The van der Waals surface area contributed by atoms with Crippen LogP contribution < -0.4 is 0 Å². The van der Waals surface area contributed by atoms with Gasteiger partial charge in [0.15, 0.2) is 0 Å². The fraction of sp³-hybridized carbons (Fsp3) is 1.00. The van der Waals surface area contributed by atoms with Gasteiger partial charge in [-0.3, -0.25) is 0 Å². The molecule has 2 fully saturated rings. The molecule has 3 heteroatoms. The van der Waals surface area contributed by atoms with Crippen LogP contribution in [-0.2, 0) is 0 Å². The number of piperidine rings is 2. The van der Waals surface area contributed by atoms with Crippen LogP contribution in [0.1, 0.15) is 38.5 Å². The third-order valence-corrected chi connectivity index (χ3v) is 4.81. The number of unbranched alkanes of at least 4 members (excludes halogenated alkanes) is 2. The van der Waals surface area contributed by atoms with Gasteiger partial charge in [0, 0.05) is 18.5 Å². The number of hydrogen-bond acceptors (Lipinski definition) is 2. The number of likely N-dealkylation sites (tertiary alicyclic amines) is 2. The molecule has 0 N–H and O–H groups in total. The highest BCUT2D eigenvalue weighted by atomic mass is 35.5. The molecular weight excluding hydrogens is 232 g/mol. The first-order valence-corrected chi connectivity index (χ1v) is 7.83. The lowest BCUT2D eigenvalue weighted by atomic mass is 9.84. The van der Waals surface area contributed by atoms with Crippen molar-refractivity contribution in [3.63, 3.8) is 0 Å². The summed E-state index contributed by atoms with van der Waals surface area (Å²) >= 11 is 5.71. The highest BCUT2D eigenvalue weighted by Crippen LogP contribution is 2.29. The molecule has 0 spiro atoms. The van der Waals surface area contributed by atoms with Crippen molar-refractivity contribution >= 4 is 11.6 Å². The van der Waals surface area contributed by atoms with Gasteiger partial charge in [0.1, 0.15) is 0 Å². The average molecular weight is 259 g/mol. The molecule has 0 amide bonds. The van der Waals surface area contributed by atoms with Gasteiger partial charge in [-0.1, -0.05) is 6.42 Å². The number of halogens is 1. The Morgan fingerprint density at radius 2 is 2.00 bits per heavy atom. The summed E-state index contributed by atoms with van der Waals surface area (Å²) in [6, 6.07) is 0.878. The SMILES string of the molecule is CN1CCCC2CN(CCCCCCl)CCC21. The molecule has 2 saturated heterocycles. The monoisotopic (exact) mass is 258 g/mol. The Labute approximate surface area is 111 Å². The molecule has 17 heavy (non-hydrogen) atoms. The number of rotatable bonds is 5. The van der Waals surface area contributed by atoms with Gasteiger partial charge >= 0.3 is 0 Å². The Hall–Kier alpha value is 0.210. The molecule has 0 aliphatic carbocycles. The van der Waals surface area contributed by atoms with Crippen molar-refractivity contribution in [1.82, 2.24) is 9.80 Å². The first-order valence-electron chi connectivity index (χ1n) is 7.30. The van der Waals surface area contributed by atoms with E-state index in [9.17, 15) is 0 Å². The van der Waals surface area contributed by atoms with E-state index in [-0.39, 0.29) is 0 Å². The van der Waals surface area contributed by atoms with Crippen molar-refractivity contribution in [2.75, 3.05) is 39.1 Å². The first-order chi connectivity index (χ1) is 8.31. The predicted molar refractivity (Wildman–Crippen MR) is 74.8 cm³/mol. The molecule has 2 aliphatic rings. The highest BCUT2D eigenvalue weighted by Gasteiger charge is 2.33. The molecule has 2 rings (SSSR count). The Morgan fingerprint density at radius 3 is 2.82 bits per heavy atom. The maximum atomic E-state index is 5.71. The Balaban J connectivity index is 1.70. The fourth-order valence-corrected chi connectivity index (χ4v) is 3.73. The average Bonchev–Trinajstić information content (AvgIpc) is 2.35. The van der Waals surface area contributed by atoms with E-state index in [4.69, 9.17) is 11.6 Å². The molecule has 0 saturated carbocycles. The number of nitrogens with zero attached hydrogens (tertiary/aromatic N) is 2. The van der Waals surface area contributed by atoms with Crippen molar-refractivity contribution in [2.24, 2.45) is 5.92 Å². The van der Waals surface area contributed by atoms with E-state index in [1.165, 1.54) is 64.7 Å². The summed E-state index contributed by atoms with van der Waals surface area (Å²) in [6.07, 6.45) is 8.06. The van der Waals surface area contributed by atoms with Crippen molar-refractivity contribution in [1.29, 1.82) is 0 Å². The van der Waals surface area contributed by atoms with E-state index in [0.717, 1.165) is 17.8 Å². The smallest absolute Gasteiger partial charge is 0.0223 e. The molecule has 2 heterocycles. The standard InChI is InChI=1S/C14H27ClN2/c1-16-9-5-6-13-12-17(11-7-14(13)16)10-4-2-3-8-15/h13-14H,2-12H2,1H3. The fourth-order valence-electron chi connectivity index (χ4n) is 3.54. The zero-order valence-corrected chi connectivity index (χ0v) is 12.0. The van der Waals surface area contributed by atoms with Crippen LogP contribution in [0.3, 0.4) is 0 Å². The minimum Gasteiger partial charge on any atom is -0.303 e. The Kier molecular flexibility index (Phi) is 5.58. The second-order valence-corrected chi connectivity index (χ2v) is 6.17. The lowest BCUT2D eigenvalue weighted by molar-refractivity contribution is 0.0380. The molecule has 2 aliphatic heterocycles. The van der Waals surface area contributed by atoms with E-state index in [2.05, 4.69) is 16.8 Å².